The lowest BCUT2D eigenvalue weighted by Gasteiger charge is -2.21. The van der Waals surface area contributed by atoms with E-state index in [2.05, 4.69) is 16.4 Å². The molecular weight excluding hydrogens is 546 g/mol. The standard InChI is InChI=1S/C32H37N7O4/c1-6-38(14-15-40)32(42)25-17-23(10-11-27(25)43-5)29-20(2)36-39-28(18-26(21(3)41)35-31(29)39)34-19-22-8-7-9-24(16-22)30-33-12-13-37(30)4/h7-13,16-18,21,34,40-41H,6,14-15,19H2,1-5H3. The van der Waals surface area contributed by atoms with Gasteiger partial charge in [0, 0.05) is 56.3 Å². The zero-order valence-electron chi connectivity index (χ0n) is 25.1. The monoisotopic (exact) mass is 583 g/mol. The molecule has 1 unspecified atom stereocenters. The van der Waals surface area contributed by atoms with Crippen molar-refractivity contribution in [2.45, 2.75) is 33.4 Å². The number of methoxy groups -OCH3 is 1. The zero-order chi connectivity index (χ0) is 30.7. The molecule has 0 aliphatic rings. The van der Waals surface area contributed by atoms with Gasteiger partial charge in [-0.2, -0.15) is 9.61 Å². The molecule has 0 radical (unpaired) electrons. The quantitative estimate of drug-likeness (QED) is 0.211. The molecule has 5 aromatic rings. The van der Waals surface area contributed by atoms with E-state index < -0.39 is 6.10 Å². The third kappa shape index (κ3) is 5.95. The number of hydrogen-bond donors (Lipinski definition) is 3. The van der Waals surface area contributed by atoms with Crippen molar-refractivity contribution in [3.05, 3.63) is 83.4 Å². The second kappa shape index (κ2) is 12.6. The summed E-state index contributed by atoms with van der Waals surface area (Å²) in [7, 11) is 3.49. The van der Waals surface area contributed by atoms with Crippen LogP contribution in [0, 0.1) is 6.92 Å². The highest BCUT2D eigenvalue weighted by atomic mass is 16.5. The molecule has 5 rings (SSSR count). The zero-order valence-corrected chi connectivity index (χ0v) is 25.1. The molecule has 11 nitrogen and oxygen atoms in total. The van der Waals surface area contributed by atoms with E-state index in [1.54, 1.807) is 40.7 Å². The predicted octanol–water partition coefficient (Wildman–Crippen LogP) is 4.23. The Hall–Kier alpha value is -4.74. The molecule has 2 aromatic carbocycles. The molecule has 0 fully saturated rings. The summed E-state index contributed by atoms with van der Waals surface area (Å²) in [6.07, 6.45) is 2.88. The number of benzene rings is 2. The van der Waals surface area contributed by atoms with Gasteiger partial charge >= 0.3 is 0 Å². The minimum atomic E-state index is -0.815. The number of nitrogens with zero attached hydrogens (tertiary/aromatic N) is 6. The second-order valence-corrected chi connectivity index (χ2v) is 10.4. The summed E-state index contributed by atoms with van der Waals surface area (Å²) in [5.74, 6) is 1.75. The normalized spacial score (nSPS) is 12.0. The van der Waals surface area contributed by atoms with E-state index in [-0.39, 0.29) is 19.1 Å². The Morgan fingerprint density at radius 2 is 1.98 bits per heavy atom. The van der Waals surface area contributed by atoms with Gasteiger partial charge in [0.15, 0.2) is 5.65 Å². The van der Waals surface area contributed by atoms with Crippen LogP contribution in [0.25, 0.3) is 28.2 Å². The molecular formula is C32H37N7O4. The number of imidazole rings is 1. The number of fused-ring (bicyclic) bond motifs is 1. The van der Waals surface area contributed by atoms with Crippen molar-refractivity contribution in [2.75, 3.05) is 32.1 Å². The fourth-order valence-electron chi connectivity index (χ4n) is 5.20. The number of anilines is 1. The minimum Gasteiger partial charge on any atom is -0.496 e. The van der Waals surface area contributed by atoms with E-state index in [0.29, 0.717) is 47.3 Å². The Morgan fingerprint density at radius 3 is 2.65 bits per heavy atom. The van der Waals surface area contributed by atoms with Crippen LogP contribution in [0.3, 0.4) is 0 Å². The first-order chi connectivity index (χ1) is 20.7. The third-order valence-electron chi connectivity index (χ3n) is 7.45. The molecule has 3 aromatic heterocycles. The summed E-state index contributed by atoms with van der Waals surface area (Å²) < 4.78 is 9.23. The van der Waals surface area contributed by atoms with Crippen molar-refractivity contribution in [3.8, 4) is 28.3 Å². The average molecular weight is 584 g/mol. The summed E-state index contributed by atoms with van der Waals surface area (Å²) >= 11 is 0. The first kappa shape index (κ1) is 29.7. The van der Waals surface area contributed by atoms with Gasteiger partial charge in [-0.3, -0.25) is 4.79 Å². The average Bonchev–Trinajstić information content (AvgIpc) is 3.59. The Morgan fingerprint density at radius 1 is 1.16 bits per heavy atom. The number of carbonyl (C=O) groups is 1. The summed E-state index contributed by atoms with van der Waals surface area (Å²) in [5, 5.41) is 28.3. The van der Waals surface area contributed by atoms with Crippen LogP contribution < -0.4 is 10.1 Å². The Labute approximate surface area is 250 Å². The van der Waals surface area contributed by atoms with Crippen LogP contribution in [0.2, 0.25) is 0 Å². The number of aliphatic hydroxyl groups excluding tert-OH is 2. The molecule has 0 spiro atoms. The van der Waals surface area contributed by atoms with Gasteiger partial charge in [-0.25, -0.2) is 9.97 Å². The van der Waals surface area contributed by atoms with Crippen molar-refractivity contribution in [1.29, 1.82) is 0 Å². The van der Waals surface area contributed by atoms with Crippen LogP contribution in [-0.2, 0) is 13.6 Å². The maximum Gasteiger partial charge on any atom is 0.257 e. The van der Waals surface area contributed by atoms with E-state index in [1.165, 1.54) is 7.11 Å². The fourth-order valence-corrected chi connectivity index (χ4v) is 5.20. The van der Waals surface area contributed by atoms with Crippen LogP contribution in [0.5, 0.6) is 5.75 Å². The summed E-state index contributed by atoms with van der Waals surface area (Å²) in [6, 6.07) is 15.4. The van der Waals surface area contributed by atoms with Crippen molar-refractivity contribution in [1.82, 2.24) is 29.0 Å². The van der Waals surface area contributed by atoms with Crippen molar-refractivity contribution in [2.24, 2.45) is 7.05 Å². The van der Waals surface area contributed by atoms with E-state index >= 15 is 0 Å². The topological polar surface area (TPSA) is 130 Å². The maximum absolute atomic E-state index is 13.4. The SMILES string of the molecule is CCN(CCO)C(=O)c1cc(-c2c(C)nn3c(NCc4cccc(-c5nccn5C)c4)cc(C(C)O)nc23)ccc1OC. The van der Waals surface area contributed by atoms with E-state index in [0.717, 1.165) is 28.1 Å². The van der Waals surface area contributed by atoms with E-state index in [4.69, 9.17) is 14.8 Å². The van der Waals surface area contributed by atoms with Gasteiger partial charge in [-0.1, -0.05) is 24.3 Å². The number of aryl methyl sites for hydroxylation is 2. The number of likely N-dealkylation sites (N-methyl/N-ethyl adjacent to an activating group) is 1. The molecule has 1 amide bonds. The summed E-state index contributed by atoms with van der Waals surface area (Å²) in [6.45, 7) is 6.46. The lowest BCUT2D eigenvalue weighted by atomic mass is 10.0. The van der Waals surface area contributed by atoms with Crippen LogP contribution in [0.15, 0.2) is 60.9 Å². The number of carbonyl (C=O) groups excluding carboxylic acids is 1. The Bertz CT molecular complexity index is 1760. The fraction of sp³-hybridized carbons (Fsp3) is 0.312. The number of ether oxygens (including phenoxy) is 1. The molecule has 3 N–H and O–H groups in total. The summed E-state index contributed by atoms with van der Waals surface area (Å²) in [4.78, 5) is 24.2. The Kier molecular flexibility index (Phi) is 8.74. The molecule has 43 heavy (non-hydrogen) atoms. The highest BCUT2D eigenvalue weighted by Crippen LogP contribution is 2.34. The molecule has 0 aliphatic carbocycles. The largest absolute Gasteiger partial charge is 0.496 e. The molecule has 3 heterocycles. The number of amides is 1. The molecule has 0 bridgehead atoms. The number of hydrogen-bond acceptors (Lipinski definition) is 8. The first-order valence-electron chi connectivity index (χ1n) is 14.2. The smallest absolute Gasteiger partial charge is 0.257 e. The number of aromatic nitrogens is 5. The number of rotatable bonds is 11. The second-order valence-electron chi connectivity index (χ2n) is 10.4. The van der Waals surface area contributed by atoms with E-state index in [1.807, 2.05) is 55.9 Å². The van der Waals surface area contributed by atoms with Crippen molar-refractivity contribution >= 4 is 17.4 Å². The van der Waals surface area contributed by atoms with E-state index in [9.17, 15) is 15.0 Å². The van der Waals surface area contributed by atoms with Gasteiger partial charge < -0.3 is 29.7 Å². The molecule has 1 atom stereocenters. The lowest BCUT2D eigenvalue weighted by Crippen LogP contribution is -2.33. The van der Waals surface area contributed by atoms with Gasteiger partial charge in [-0.05, 0) is 50.1 Å². The van der Waals surface area contributed by atoms with Gasteiger partial charge in [-0.15, -0.1) is 0 Å². The predicted molar refractivity (Wildman–Crippen MR) is 165 cm³/mol. The molecule has 0 saturated heterocycles. The van der Waals surface area contributed by atoms with Crippen molar-refractivity contribution < 1.29 is 19.7 Å². The molecule has 224 valence electrons. The lowest BCUT2D eigenvalue weighted by molar-refractivity contribution is 0.0728. The number of nitrogens with one attached hydrogen (secondary N) is 1. The van der Waals surface area contributed by atoms with Crippen LogP contribution in [0.4, 0.5) is 5.82 Å². The van der Waals surface area contributed by atoms with Gasteiger partial charge in [0.1, 0.15) is 17.4 Å². The van der Waals surface area contributed by atoms with Gasteiger partial charge in [0.05, 0.1) is 36.8 Å². The van der Waals surface area contributed by atoms with Crippen LogP contribution in [-0.4, -0.2) is 72.0 Å². The van der Waals surface area contributed by atoms with Crippen molar-refractivity contribution in [3.63, 3.8) is 0 Å². The highest BCUT2D eigenvalue weighted by Gasteiger charge is 2.23. The third-order valence-corrected chi connectivity index (χ3v) is 7.45. The first-order valence-corrected chi connectivity index (χ1v) is 14.2. The summed E-state index contributed by atoms with van der Waals surface area (Å²) in [5.41, 5.74) is 5.67. The maximum atomic E-state index is 13.4. The molecule has 0 saturated carbocycles. The van der Waals surface area contributed by atoms with Crippen LogP contribution in [0.1, 0.15) is 47.3 Å². The minimum absolute atomic E-state index is 0.135. The number of aliphatic hydroxyl groups is 2. The highest BCUT2D eigenvalue weighted by molar-refractivity contribution is 5.99. The molecule has 11 heteroatoms. The van der Waals surface area contributed by atoms with Crippen LogP contribution >= 0.6 is 0 Å². The molecule has 0 aliphatic heterocycles. The van der Waals surface area contributed by atoms with Gasteiger partial charge in [0.25, 0.3) is 5.91 Å². The Balaban J connectivity index is 1.55. The van der Waals surface area contributed by atoms with Gasteiger partial charge in [0.2, 0.25) is 0 Å².